The average Bonchev–Trinajstić information content (AvgIpc) is 4.30. The summed E-state index contributed by atoms with van der Waals surface area (Å²) >= 11 is 0. The van der Waals surface area contributed by atoms with E-state index in [-0.39, 0.29) is 48.3 Å². The highest BCUT2D eigenvalue weighted by Gasteiger charge is 2.55. The van der Waals surface area contributed by atoms with Gasteiger partial charge in [0.05, 0.1) is 30.1 Å². The van der Waals surface area contributed by atoms with Crippen LogP contribution >= 0.6 is 0 Å². The summed E-state index contributed by atoms with van der Waals surface area (Å²) in [6, 6.07) is 14.9. The van der Waals surface area contributed by atoms with Gasteiger partial charge in [0, 0.05) is 103 Å². The van der Waals surface area contributed by atoms with Gasteiger partial charge in [0.15, 0.2) is 0 Å². The zero-order valence-corrected chi connectivity index (χ0v) is 43.0. The number of nitrogens with one attached hydrogen (secondary N) is 2. The number of hydrogen-bond acceptors (Lipinski definition) is 14. The van der Waals surface area contributed by atoms with Crippen LogP contribution in [0.1, 0.15) is 125 Å². The Morgan fingerprint density at radius 1 is 0.919 bits per heavy atom. The number of pyridine rings is 2. The number of rotatable bonds is 10. The van der Waals surface area contributed by atoms with Gasteiger partial charge >= 0.3 is 5.97 Å². The second-order valence-electron chi connectivity index (χ2n) is 22.5. The van der Waals surface area contributed by atoms with E-state index in [0.29, 0.717) is 56.5 Å². The standard InChI is InChI=1S/C57H67N11O6/c1-33-47(43-16-22-59-32-61-43)48(33)53(69)63-50-52(65-24-17-36(18-25-65)35-14-20-58-21-15-35)54-62-45(30-73-54)37-10-13-46-41(26-37)42(27-57(3,4)31-74-56(71)44-9-7-23-67(64-44)55(50)70)51(40-8-6-19-60-49(40)34(2)72-5)68(46)39-28-66(29-39)38-11-12-38/h6,8,10,13-16,19-22,26,30,32-34,36,38-39,44,47-48,50,52,64H,7,9,11-12,17-18,23-25,27-29,31H2,1-5H3,(H,63,69)/t33-,34-,44-,47-,48+,50-,52-/m0/s1. The third-order valence-corrected chi connectivity index (χ3v) is 16.9. The molecule has 3 saturated heterocycles. The number of benzene rings is 1. The molecule has 5 fully saturated rings. The highest BCUT2D eigenvalue weighted by molar-refractivity contribution is 5.95. The molecule has 2 amide bonds. The zero-order valence-electron chi connectivity index (χ0n) is 43.0. The maximum atomic E-state index is 15.5. The van der Waals surface area contributed by atoms with Crippen LogP contribution in [0.5, 0.6) is 0 Å². The van der Waals surface area contributed by atoms with Crippen molar-refractivity contribution in [2.24, 2.45) is 17.3 Å². The first-order valence-corrected chi connectivity index (χ1v) is 26.7. The molecule has 0 radical (unpaired) electrons. The molecule has 4 aliphatic heterocycles. The van der Waals surface area contributed by atoms with Crippen LogP contribution in [-0.4, -0.2) is 127 Å². The van der Waals surface area contributed by atoms with E-state index in [9.17, 15) is 9.59 Å². The number of esters is 1. The van der Waals surface area contributed by atoms with Gasteiger partial charge in [-0.1, -0.05) is 26.8 Å². The minimum atomic E-state index is -1.14. The van der Waals surface area contributed by atoms with Gasteiger partial charge in [0.25, 0.3) is 5.91 Å². The third kappa shape index (κ3) is 9.19. The SMILES string of the molecule is CO[C@@H](C)c1ncccc1-c1c2c3cc(ccc3n1C1CN(C3CC3)C1)-c1coc(n1)[C@@H](N1CCC(c3ccncc3)CC1)[C@H](NC(=O)[C@@H]1[C@@H](C)[C@H]1c1ccncn1)C(=O)N1CCC[C@H](N1)C(=O)OCC(C)(C)C2. The topological polar surface area (TPSA) is 186 Å². The van der Waals surface area contributed by atoms with Crippen LogP contribution in [0.4, 0.5) is 0 Å². The van der Waals surface area contributed by atoms with Gasteiger partial charge in [-0.05, 0) is 130 Å². The highest BCUT2D eigenvalue weighted by atomic mass is 16.5. The molecule has 386 valence electrons. The molecule has 12 rings (SSSR count). The van der Waals surface area contributed by atoms with Crippen molar-refractivity contribution >= 4 is 28.7 Å². The van der Waals surface area contributed by atoms with Crippen LogP contribution in [0.3, 0.4) is 0 Å². The van der Waals surface area contributed by atoms with Gasteiger partial charge in [0.1, 0.15) is 36.4 Å². The first-order chi connectivity index (χ1) is 35.9. The summed E-state index contributed by atoms with van der Waals surface area (Å²) in [7, 11) is 1.72. The predicted octanol–water partition coefficient (Wildman–Crippen LogP) is 7.35. The molecule has 7 atom stereocenters. The molecule has 1 aromatic carbocycles. The molecular weight excluding hydrogens is 935 g/mol. The fraction of sp³-hybridized carbons (Fsp3) is 0.509. The number of hydrazine groups is 1. The molecule has 0 spiro atoms. The van der Waals surface area contributed by atoms with Gasteiger partial charge in [-0.3, -0.25) is 39.2 Å². The fourth-order valence-corrected chi connectivity index (χ4v) is 12.6. The van der Waals surface area contributed by atoms with Crippen molar-refractivity contribution < 1.29 is 28.3 Å². The molecule has 2 N–H and O–H groups in total. The number of amides is 2. The van der Waals surface area contributed by atoms with Crippen molar-refractivity contribution in [2.45, 2.75) is 121 Å². The highest BCUT2D eigenvalue weighted by Crippen LogP contribution is 2.53. The van der Waals surface area contributed by atoms with E-state index in [1.807, 2.05) is 44.6 Å². The Bertz CT molecular complexity index is 3040. The maximum absolute atomic E-state index is 15.5. The zero-order chi connectivity index (χ0) is 50.8. The van der Waals surface area contributed by atoms with Crippen LogP contribution in [0.25, 0.3) is 33.4 Å². The Kier molecular flexibility index (Phi) is 12.9. The van der Waals surface area contributed by atoms with Crippen molar-refractivity contribution in [1.82, 2.24) is 55.0 Å². The summed E-state index contributed by atoms with van der Waals surface area (Å²) < 4.78 is 21.5. The lowest BCUT2D eigenvalue weighted by molar-refractivity contribution is -0.156. The number of oxazole rings is 1. The van der Waals surface area contributed by atoms with Gasteiger partial charge in [-0.25, -0.2) is 20.4 Å². The van der Waals surface area contributed by atoms with E-state index in [0.717, 1.165) is 70.6 Å². The molecule has 17 nitrogen and oxygen atoms in total. The van der Waals surface area contributed by atoms with Gasteiger partial charge in [-0.2, -0.15) is 0 Å². The van der Waals surface area contributed by atoms with E-state index in [1.165, 1.54) is 29.7 Å². The van der Waals surface area contributed by atoms with Crippen LogP contribution in [-0.2, 0) is 30.3 Å². The minimum absolute atomic E-state index is 0.0108. The van der Waals surface area contributed by atoms with Crippen LogP contribution in [0.15, 0.2) is 90.3 Å². The van der Waals surface area contributed by atoms with Crippen molar-refractivity contribution in [2.75, 3.05) is 46.4 Å². The van der Waals surface area contributed by atoms with Crippen LogP contribution in [0, 0.1) is 17.3 Å². The number of fused-ring (bicyclic) bond motifs is 6. The molecule has 6 bridgehead atoms. The van der Waals surface area contributed by atoms with E-state index in [2.05, 4.69) is 90.3 Å². The van der Waals surface area contributed by atoms with Crippen LogP contribution in [0.2, 0.25) is 0 Å². The Morgan fingerprint density at radius 2 is 1.72 bits per heavy atom. The Balaban J connectivity index is 0.997. The maximum Gasteiger partial charge on any atom is 0.324 e. The summed E-state index contributed by atoms with van der Waals surface area (Å²) in [6.07, 6.45) is 15.9. The molecule has 17 heteroatoms. The first kappa shape index (κ1) is 48.5. The summed E-state index contributed by atoms with van der Waals surface area (Å²) in [5, 5.41) is 5.88. The summed E-state index contributed by atoms with van der Waals surface area (Å²) in [5.41, 5.74) is 11.5. The van der Waals surface area contributed by atoms with Gasteiger partial charge < -0.3 is 23.8 Å². The second-order valence-corrected chi connectivity index (χ2v) is 22.5. The van der Waals surface area contributed by atoms with E-state index in [4.69, 9.17) is 23.9 Å². The largest absolute Gasteiger partial charge is 0.464 e. The van der Waals surface area contributed by atoms with Crippen molar-refractivity contribution in [3.8, 4) is 22.5 Å². The Labute approximate surface area is 431 Å². The lowest BCUT2D eigenvalue weighted by Crippen LogP contribution is -2.63. The fourth-order valence-electron chi connectivity index (χ4n) is 12.6. The first-order valence-electron chi connectivity index (χ1n) is 26.7. The number of likely N-dealkylation sites (tertiary alicyclic amines) is 2. The van der Waals surface area contributed by atoms with E-state index >= 15 is 4.79 Å². The average molecular weight is 1000 g/mol. The van der Waals surface area contributed by atoms with E-state index < -0.39 is 35.4 Å². The smallest absolute Gasteiger partial charge is 0.324 e. The number of piperidine rings is 1. The number of carbonyl (C=O) groups excluding carboxylic acids is 3. The van der Waals surface area contributed by atoms with Crippen molar-refractivity contribution in [1.29, 1.82) is 0 Å². The van der Waals surface area contributed by atoms with Crippen molar-refractivity contribution in [3.63, 3.8) is 0 Å². The van der Waals surface area contributed by atoms with Crippen molar-refractivity contribution in [3.05, 3.63) is 114 Å². The minimum Gasteiger partial charge on any atom is -0.464 e. The molecule has 5 aromatic heterocycles. The number of ether oxygens (including phenoxy) is 2. The molecule has 2 saturated carbocycles. The van der Waals surface area contributed by atoms with Crippen LogP contribution < -0.4 is 10.7 Å². The number of hydrogen-bond donors (Lipinski definition) is 2. The third-order valence-electron chi connectivity index (χ3n) is 16.9. The Morgan fingerprint density at radius 3 is 2.47 bits per heavy atom. The number of aromatic nitrogens is 6. The molecular formula is C57H67N11O6. The number of carbonyl (C=O) groups is 3. The normalized spacial score (nSPS) is 26.5. The summed E-state index contributed by atoms with van der Waals surface area (Å²) in [4.78, 5) is 72.6. The molecule has 74 heavy (non-hydrogen) atoms. The molecule has 6 aliphatic rings. The quantitative estimate of drug-likeness (QED) is 0.130. The summed E-state index contributed by atoms with van der Waals surface area (Å²) in [6.45, 7) is 12.0. The molecule has 0 unspecified atom stereocenters. The second kappa shape index (κ2) is 19.7. The summed E-state index contributed by atoms with van der Waals surface area (Å²) in [5.74, 6) is -0.990. The molecule has 9 heterocycles. The van der Waals surface area contributed by atoms with E-state index in [1.54, 1.807) is 19.6 Å². The predicted molar refractivity (Wildman–Crippen MR) is 276 cm³/mol. The van der Waals surface area contributed by atoms with Gasteiger partial charge in [0.2, 0.25) is 11.8 Å². The van der Waals surface area contributed by atoms with Gasteiger partial charge in [-0.15, -0.1) is 0 Å². The lowest BCUT2D eigenvalue weighted by Gasteiger charge is -2.42. The monoisotopic (exact) mass is 1000 g/mol. The Hall–Kier alpha value is -6.40. The number of nitrogens with zero attached hydrogens (tertiary/aromatic N) is 9. The number of cyclic esters (lactones) is 1. The lowest BCUT2D eigenvalue weighted by atomic mass is 9.84. The number of methoxy groups -OCH3 is 1. The molecule has 2 aliphatic carbocycles. The molecule has 6 aromatic rings.